The highest BCUT2D eigenvalue weighted by Gasteiger charge is 2.30. The summed E-state index contributed by atoms with van der Waals surface area (Å²) in [4.78, 5) is 34.9. The summed E-state index contributed by atoms with van der Waals surface area (Å²) in [6.45, 7) is 8.13. The third kappa shape index (κ3) is 5.83. The average molecular weight is 565 g/mol. The number of aromatic amines is 1. The Kier molecular flexibility index (Phi) is 7.61. The lowest BCUT2D eigenvalue weighted by atomic mass is 9.96. The summed E-state index contributed by atoms with van der Waals surface area (Å²) in [5.74, 6) is -0.258. The van der Waals surface area contributed by atoms with Gasteiger partial charge in [-0.05, 0) is 43.0 Å². The van der Waals surface area contributed by atoms with Crippen LogP contribution in [0.4, 0.5) is 15.0 Å². The van der Waals surface area contributed by atoms with Crippen LogP contribution in [0.15, 0.2) is 35.0 Å². The quantitative estimate of drug-likeness (QED) is 0.309. The number of likely N-dealkylation sites (tertiary alicyclic amines) is 1. The first-order valence-corrected chi connectivity index (χ1v) is 13.4. The summed E-state index contributed by atoms with van der Waals surface area (Å²) in [6, 6.07) is 6.64. The number of carbonyl (C=O) groups is 2. The number of rotatable bonds is 6. The van der Waals surface area contributed by atoms with Crippen molar-refractivity contribution in [3.8, 4) is 11.1 Å². The van der Waals surface area contributed by atoms with Crippen molar-refractivity contribution in [3.05, 3.63) is 53.6 Å². The van der Waals surface area contributed by atoms with E-state index in [1.807, 2.05) is 27.7 Å². The van der Waals surface area contributed by atoms with Crippen molar-refractivity contribution >= 4 is 28.9 Å². The molecule has 1 aromatic carbocycles. The van der Waals surface area contributed by atoms with E-state index in [0.717, 1.165) is 18.4 Å². The molecule has 4 heterocycles. The van der Waals surface area contributed by atoms with Gasteiger partial charge in [-0.2, -0.15) is 10.1 Å². The Labute approximate surface area is 236 Å². The van der Waals surface area contributed by atoms with Gasteiger partial charge in [-0.15, -0.1) is 0 Å². The molecule has 0 aliphatic carbocycles. The van der Waals surface area contributed by atoms with Gasteiger partial charge in [-0.1, -0.05) is 38.1 Å². The standard InChI is InChI=1S/C28H33FN8O4/c1-15-6-9-18(14-37(15)27(39)40-5)32-23-21-19(10-11-30-22(21)34-35-23)16-7-8-17(20(29)12-16)13-31-24(38)25-33-26(36-41-25)28(2,3)4/h7-8,10-12,15,18H,6,9,13-14H2,1-5H3,(H,31,38)(H2,30,32,34,35)/t15-,18-/m1/s1. The lowest BCUT2D eigenvalue weighted by Crippen LogP contribution is -2.49. The van der Waals surface area contributed by atoms with Crippen LogP contribution >= 0.6 is 0 Å². The van der Waals surface area contributed by atoms with Crippen LogP contribution in [-0.2, 0) is 16.7 Å². The van der Waals surface area contributed by atoms with E-state index in [9.17, 15) is 9.59 Å². The number of anilines is 1. The predicted molar refractivity (Wildman–Crippen MR) is 149 cm³/mol. The molecule has 4 aromatic rings. The average Bonchev–Trinajstić information content (AvgIpc) is 3.61. The number of ether oxygens (including phenoxy) is 1. The Balaban J connectivity index is 1.33. The number of aromatic nitrogens is 5. The zero-order valence-corrected chi connectivity index (χ0v) is 23.6. The monoisotopic (exact) mass is 564 g/mol. The van der Waals surface area contributed by atoms with Crippen molar-refractivity contribution in [1.82, 2.24) is 35.5 Å². The van der Waals surface area contributed by atoms with E-state index in [4.69, 9.17) is 9.26 Å². The minimum atomic E-state index is -0.579. The van der Waals surface area contributed by atoms with Gasteiger partial charge in [0.25, 0.3) is 0 Å². The second-order valence-corrected chi connectivity index (χ2v) is 11.2. The second kappa shape index (κ2) is 11.1. The number of pyridine rings is 1. The zero-order valence-electron chi connectivity index (χ0n) is 23.6. The molecule has 0 unspecified atom stereocenters. The third-order valence-corrected chi connectivity index (χ3v) is 7.19. The van der Waals surface area contributed by atoms with Crippen LogP contribution in [0.1, 0.15) is 62.6 Å². The van der Waals surface area contributed by atoms with Crippen molar-refractivity contribution in [2.45, 2.75) is 64.6 Å². The number of carbonyl (C=O) groups excluding carboxylic acids is 2. The SMILES string of the molecule is COC(=O)N1C[C@H](Nc2n[nH]c3nccc(-c4ccc(CNC(=O)c5nc(C(C)(C)C)no5)c(F)c4)c23)CC[C@H]1C. The molecule has 3 aromatic heterocycles. The number of nitrogens with zero attached hydrogens (tertiary/aromatic N) is 5. The van der Waals surface area contributed by atoms with E-state index in [-0.39, 0.29) is 36.0 Å². The lowest BCUT2D eigenvalue weighted by Gasteiger charge is -2.37. The molecule has 0 radical (unpaired) electrons. The molecule has 1 aliphatic heterocycles. The van der Waals surface area contributed by atoms with Crippen LogP contribution in [0.5, 0.6) is 0 Å². The number of methoxy groups -OCH3 is 1. The number of benzene rings is 1. The van der Waals surface area contributed by atoms with E-state index < -0.39 is 11.7 Å². The molecule has 0 saturated carbocycles. The molecule has 5 rings (SSSR count). The van der Waals surface area contributed by atoms with E-state index >= 15 is 4.39 Å². The maximum absolute atomic E-state index is 15.2. The molecule has 216 valence electrons. The van der Waals surface area contributed by atoms with Crippen molar-refractivity contribution in [2.24, 2.45) is 0 Å². The Hall–Kier alpha value is -4.55. The molecule has 2 amide bonds. The largest absolute Gasteiger partial charge is 0.453 e. The molecule has 13 heteroatoms. The number of fused-ring (bicyclic) bond motifs is 1. The van der Waals surface area contributed by atoms with Crippen molar-refractivity contribution in [1.29, 1.82) is 0 Å². The van der Waals surface area contributed by atoms with Gasteiger partial charge in [0, 0.05) is 42.3 Å². The van der Waals surface area contributed by atoms with E-state index in [0.29, 0.717) is 40.3 Å². The molecule has 0 bridgehead atoms. The first-order chi connectivity index (χ1) is 19.5. The van der Waals surface area contributed by atoms with Crippen LogP contribution in [0.25, 0.3) is 22.2 Å². The maximum Gasteiger partial charge on any atom is 0.409 e. The molecular formula is C28H33FN8O4. The summed E-state index contributed by atoms with van der Waals surface area (Å²) in [6.07, 6.45) is 2.92. The number of amides is 2. The second-order valence-electron chi connectivity index (χ2n) is 11.2. The molecule has 3 N–H and O–H groups in total. The topological polar surface area (TPSA) is 151 Å². The summed E-state index contributed by atoms with van der Waals surface area (Å²) < 4.78 is 25.2. The van der Waals surface area contributed by atoms with Gasteiger partial charge in [0.05, 0.1) is 12.5 Å². The minimum Gasteiger partial charge on any atom is -0.453 e. The molecule has 1 aliphatic rings. The molecule has 2 atom stereocenters. The fourth-order valence-corrected chi connectivity index (χ4v) is 4.82. The van der Waals surface area contributed by atoms with Gasteiger partial charge >= 0.3 is 17.9 Å². The fraction of sp³-hybridized carbons (Fsp3) is 0.429. The number of hydrogen-bond acceptors (Lipinski definition) is 9. The van der Waals surface area contributed by atoms with Gasteiger partial charge in [-0.3, -0.25) is 9.89 Å². The van der Waals surface area contributed by atoms with Gasteiger partial charge in [0.15, 0.2) is 17.3 Å². The first-order valence-electron chi connectivity index (χ1n) is 13.4. The number of hydrogen-bond donors (Lipinski definition) is 3. The zero-order chi connectivity index (χ0) is 29.3. The van der Waals surface area contributed by atoms with Gasteiger partial charge < -0.3 is 24.8 Å². The molecular weight excluding hydrogens is 531 g/mol. The van der Waals surface area contributed by atoms with Crippen molar-refractivity contribution in [3.63, 3.8) is 0 Å². The molecule has 0 spiro atoms. The number of H-pyrrole nitrogens is 1. The number of nitrogens with one attached hydrogen (secondary N) is 3. The van der Waals surface area contributed by atoms with Crippen LogP contribution in [0.2, 0.25) is 0 Å². The van der Waals surface area contributed by atoms with Crippen molar-refractivity contribution in [2.75, 3.05) is 19.0 Å². The maximum atomic E-state index is 15.2. The molecule has 1 saturated heterocycles. The normalized spacial score (nSPS) is 17.5. The van der Waals surface area contributed by atoms with Crippen LogP contribution in [0, 0.1) is 5.82 Å². The Morgan fingerprint density at radius 3 is 2.76 bits per heavy atom. The third-order valence-electron chi connectivity index (χ3n) is 7.19. The Bertz CT molecular complexity index is 1580. The molecule has 12 nitrogen and oxygen atoms in total. The number of piperidine rings is 1. The lowest BCUT2D eigenvalue weighted by molar-refractivity contribution is 0.0902. The predicted octanol–water partition coefficient (Wildman–Crippen LogP) is 4.41. The van der Waals surface area contributed by atoms with E-state index in [1.54, 1.807) is 29.3 Å². The van der Waals surface area contributed by atoms with Crippen LogP contribution in [0.3, 0.4) is 0 Å². The van der Waals surface area contributed by atoms with Crippen LogP contribution in [-0.4, -0.2) is 68.0 Å². The van der Waals surface area contributed by atoms with Gasteiger partial charge in [0.2, 0.25) is 0 Å². The summed E-state index contributed by atoms with van der Waals surface area (Å²) >= 11 is 0. The van der Waals surface area contributed by atoms with E-state index in [2.05, 4.69) is 36.0 Å². The smallest absolute Gasteiger partial charge is 0.409 e. The van der Waals surface area contributed by atoms with Crippen molar-refractivity contribution < 1.29 is 23.2 Å². The first kappa shape index (κ1) is 28.0. The highest BCUT2D eigenvalue weighted by molar-refractivity contribution is 6.00. The van der Waals surface area contributed by atoms with E-state index in [1.165, 1.54) is 13.2 Å². The molecule has 41 heavy (non-hydrogen) atoms. The summed E-state index contributed by atoms with van der Waals surface area (Å²) in [7, 11) is 1.37. The molecule has 1 fully saturated rings. The highest BCUT2D eigenvalue weighted by atomic mass is 19.1. The van der Waals surface area contributed by atoms with Gasteiger partial charge in [0.1, 0.15) is 5.82 Å². The Morgan fingerprint density at radius 1 is 1.24 bits per heavy atom. The number of halogens is 1. The van der Waals surface area contributed by atoms with Gasteiger partial charge in [-0.25, -0.2) is 14.2 Å². The summed E-state index contributed by atoms with van der Waals surface area (Å²) in [5.41, 5.74) is 1.83. The summed E-state index contributed by atoms with van der Waals surface area (Å²) in [5, 5.41) is 18.0. The minimum absolute atomic E-state index is 0.0501. The Morgan fingerprint density at radius 2 is 2.05 bits per heavy atom. The fourth-order valence-electron chi connectivity index (χ4n) is 4.82. The van der Waals surface area contributed by atoms with Crippen LogP contribution < -0.4 is 10.6 Å². The highest BCUT2D eigenvalue weighted by Crippen LogP contribution is 2.33.